The molecule has 5 nitrogen and oxygen atoms in total. The lowest BCUT2D eigenvalue weighted by Gasteiger charge is -2.32. The maximum atomic E-state index is 12.0. The summed E-state index contributed by atoms with van der Waals surface area (Å²) in [6.45, 7) is 4.28. The van der Waals surface area contributed by atoms with E-state index in [9.17, 15) is 9.59 Å². The van der Waals surface area contributed by atoms with Gasteiger partial charge < -0.3 is 9.80 Å². The minimum Gasteiger partial charge on any atom is -0.342 e. The molecule has 0 spiro atoms. The van der Waals surface area contributed by atoms with Crippen LogP contribution in [0.4, 0.5) is 0 Å². The smallest absolute Gasteiger partial charge is 0.273 e. The second kappa shape index (κ2) is 4.61. The van der Waals surface area contributed by atoms with E-state index in [1.54, 1.807) is 15.2 Å². The third-order valence-corrected chi connectivity index (χ3v) is 3.36. The van der Waals surface area contributed by atoms with Crippen molar-refractivity contribution < 1.29 is 9.59 Å². The van der Waals surface area contributed by atoms with Crippen LogP contribution in [-0.4, -0.2) is 53.3 Å². The highest BCUT2D eigenvalue weighted by atomic mass is 32.1. The molecule has 0 bridgehead atoms. The average molecular weight is 239 g/mol. The van der Waals surface area contributed by atoms with Crippen molar-refractivity contribution in [1.82, 2.24) is 14.8 Å². The monoisotopic (exact) mass is 239 g/mol. The Morgan fingerprint density at radius 2 is 2.12 bits per heavy atom. The highest BCUT2D eigenvalue weighted by molar-refractivity contribution is 7.09. The van der Waals surface area contributed by atoms with Crippen molar-refractivity contribution in [3.63, 3.8) is 0 Å². The lowest BCUT2D eigenvalue weighted by molar-refractivity contribution is -0.119. The number of hydrogen-bond donors (Lipinski definition) is 0. The molecular weight excluding hydrogens is 226 g/mol. The number of carbonyl (C=O) groups excluding carboxylic acids is 2. The van der Waals surface area contributed by atoms with Crippen molar-refractivity contribution in [3.8, 4) is 0 Å². The maximum Gasteiger partial charge on any atom is 0.273 e. The van der Waals surface area contributed by atoms with Crippen LogP contribution in [0.5, 0.6) is 0 Å². The molecule has 0 aromatic carbocycles. The quantitative estimate of drug-likeness (QED) is 0.700. The van der Waals surface area contributed by atoms with Gasteiger partial charge in [0.25, 0.3) is 5.91 Å². The fourth-order valence-electron chi connectivity index (χ4n) is 1.65. The molecule has 1 aliphatic heterocycles. The zero-order valence-electron chi connectivity index (χ0n) is 9.05. The summed E-state index contributed by atoms with van der Waals surface area (Å²) in [5, 5.41) is 2.68. The van der Waals surface area contributed by atoms with Crippen LogP contribution in [-0.2, 0) is 4.79 Å². The number of piperazine rings is 1. The Balaban J connectivity index is 1.99. The predicted octanol–water partition coefficient (Wildman–Crippen LogP) is 0.366. The standard InChI is InChI=1S/C10H13N3O2S/c1-8-11-9(6-16-8)10(15)13-4-2-12(7-14)3-5-13/h6-7H,2-5H2,1H3. The molecule has 1 aromatic rings. The summed E-state index contributed by atoms with van der Waals surface area (Å²) in [6.07, 6.45) is 0.828. The fourth-order valence-corrected chi connectivity index (χ4v) is 2.24. The molecule has 2 heterocycles. The number of thiazole rings is 1. The third kappa shape index (κ3) is 2.21. The van der Waals surface area contributed by atoms with E-state index >= 15 is 0 Å². The Morgan fingerprint density at radius 1 is 1.44 bits per heavy atom. The van der Waals surface area contributed by atoms with Gasteiger partial charge in [0.1, 0.15) is 5.69 Å². The first-order chi connectivity index (χ1) is 7.70. The molecule has 0 unspecified atom stereocenters. The molecule has 16 heavy (non-hydrogen) atoms. The molecule has 6 heteroatoms. The third-order valence-electron chi connectivity index (χ3n) is 2.59. The molecule has 0 atom stereocenters. The highest BCUT2D eigenvalue weighted by Crippen LogP contribution is 2.11. The molecule has 0 aliphatic carbocycles. The van der Waals surface area contributed by atoms with Crippen LogP contribution in [0, 0.1) is 6.92 Å². The number of amides is 2. The first-order valence-electron chi connectivity index (χ1n) is 5.11. The Bertz CT molecular complexity index is 397. The van der Waals surface area contributed by atoms with Crippen molar-refractivity contribution in [2.24, 2.45) is 0 Å². The van der Waals surface area contributed by atoms with Gasteiger partial charge in [-0.1, -0.05) is 0 Å². The SMILES string of the molecule is Cc1nc(C(=O)N2CCN(C=O)CC2)cs1. The van der Waals surface area contributed by atoms with Gasteiger partial charge >= 0.3 is 0 Å². The fraction of sp³-hybridized carbons (Fsp3) is 0.500. The molecule has 1 saturated heterocycles. The molecule has 0 saturated carbocycles. The second-order valence-electron chi connectivity index (χ2n) is 3.69. The summed E-state index contributed by atoms with van der Waals surface area (Å²) >= 11 is 1.48. The van der Waals surface area contributed by atoms with Gasteiger partial charge in [-0.15, -0.1) is 11.3 Å². The number of carbonyl (C=O) groups is 2. The van der Waals surface area contributed by atoms with Crippen LogP contribution in [0.3, 0.4) is 0 Å². The van der Waals surface area contributed by atoms with E-state index in [2.05, 4.69) is 4.98 Å². The van der Waals surface area contributed by atoms with E-state index in [-0.39, 0.29) is 5.91 Å². The predicted molar refractivity (Wildman–Crippen MR) is 60.4 cm³/mol. The largest absolute Gasteiger partial charge is 0.342 e. The molecule has 86 valence electrons. The van der Waals surface area contributed by atoms with E-state index in [0.717, 1.165) is 11.4 Å². The van der Waals surface area contributed by atoms with Gasteiger partial charge in [-0.25, -0.2) is 4.98 Å². The van der Waals surface area contributed by atoms with Crippen LogP contribution in [0.1, 0.15) is 15.5 Å². The molecular formula is C10H13N3O2S. The van der Waals surface area contributed by atoms with E-state index in [4.69, 9.17) is 0 Å². The number of rotatable bonds is 2. The van der Waals surface area contributed by atoms with E-state index in [1.165, 1.54) is 11.3 Å². The maximum absolute atomic E-state index is 12.0. The number of aromatic nitrogens is 1. The summed E-state index contributed by atoms with van der Waals surface area (Å²) in [6, 6.07) is 0. The van der Waals surface area contributed by atoms with E-state index in [0.29, 0.717) is 31.9 Å². The summed E-state index contributed by atoms with van der Waals surface area (Å²) in [5.74, 6) is -0.0325. The van der Waals surface area contributed by atoms with Crippen LogP contribution >= 0.6 is 11.3 Å². The average Bonchev–Trinajstić information content (AvgIpc) is 2.75. The van der Waals surface area contributed by atoms with Crippen LogP contribution in [0.2, 0.25) is 0 Å². The molecule has 1 aromatic heterocycles. The summed E-state index contributed by atoms with van der Waals surface area (Å²) < 4.78 is 0. The Kier molecular flexibility index (Phi) is 3.19. The molecule has 0 radical (unpaired) electrons. The van der Waals surface area contributed by atoms with E-state index < -0.39 is 0 Å². The van der Waals surface area contributed by atoms with Crippen molar-refractivity contribution in [2.45, 2.75) is 6.92 Å². The van der Waals surface area contributed by atoms with Gasteiger partial charge in [-0.05, 0) is 6.92 Å². The second-order valence-corrected chi connectivity index (χ2v) is 4.75. The topological polar surface area (TPSA) is 53.5 Å². The lowest BCUT2D eigenvalue weighted by Crippen LogP contribution is -2.48. The summed E-state index contributed by atoms with van der Waals surface area (Å²) in [7, 11) is 0. The minimum absolute atomic E-state index is 0.0325. The van der Waals surface area contributed by atoms with Gasteiger partial charge in [0.2, 0.25) is 6.41 Å². The summed E-state index contributed by atoms with van der Waals surface area (Å²) in [5.41, 5.74) is 0.516. The van der Waals surface area contributed by atoms with Crippen LogP contribution in [0.25, 0.3) is 0 Å². The number of nitrogens with zero attached hydrogens (tertiary/aromatic N) is 3. The number of hydrogen-bond acceptors (Lipinski definition) is 4. The molecule has 2 amide bonds. The highest BCUT2D eigenvalue weighted by Gasteiger charge is 2.22. The lowest BCUT2D eigenvalue weighted by atomic mass is 10.3. The number of aryl methyl sites for hydroxylation is 1. The molecule has 2 rings (SSSR count). The zero-order valence-corrected chi connectivity index (χ0v) is 9.87. The molecule has 1 fully saturated rings. The van der Waals surface area contributed by atoms with Crippen LogP contribution < -0.4 is 0 Å². The van der Waals surface area contributed by atoms with Gasteiger partial charge in [0.15, 0.2) is 0 Å². The van der Waals surface area contributed by atoms with Gasteiger partial charge in [-0.3, -0.25) is 9.59 Å². The first kappa shape index (κ1) is 11.1. The minimum atomic E-state index is -0.0325. The van der Waals surface area contributed by atoms with Crippen molar-refractivity contribution >= 4 is 23.7 Å². The Morgan fingerprint density at radius 3 is 2.62 bits per heavy atom. The first-order valence-corrected chi connectivity index (χ1v) is 5.99. The van der Waals surface area contributed by atoms with Crippen molar-refractivity contribution in [2.75, 3.05) is 26.2 Å². The zero-order chi connectivity index (χ0) is 11.5. The Hall–Kier alpha value is -1.43. The Labute approximate surface area is 97.7 Å². The molecule has 1 aliphatic rings. The van der Waals surface area contributed by atoms with Gasteiger partial charge in [0.05, 0.1) is 5.01 Å². The summed E-state index contributed by atoms with van der Waals surface area (Å²) in [4.78, 5) is 30.1. The van der Waals surface area contributed by atoms with Gasteiger partial charge in [-0.2, -0.15) is 0 Å². The van der Waals surface area contributed by atoms with Gasteiger partial charge in [0, 0.05) is 31.6 Å². The van der Waals surface area contributed by atoms with Crippen LogP contribution in [0.15, 0.2) is 5.38 Å². The van der Waals surface area contributed by atoms with Crippen molar-refractivity contribution in [1.29, 1.82) is 0 Å². The molecule has 0 N–H and O–H groups in total. The van der Waals surface area contributed by atoms with E-state index in [1.807, 2.05) is 6.92 Å². The van der Waals surface area contributed by atoms with Crippen molar-refractivity contribution in [3.05, 3.63) is 16.1 Å². The normalized spacial score (nSPS) is 16.3.